The largest absolute Gasteiger partial charge is 0.480 e. The van der Waals surface area contributed by atoms with E-state index in [0.29, 0.717) is 51.4 Å². The molecule has 2 amide bonds. The van der Waals surface area contributed by atoms with Gasteiger partial charge in [0.25, 0.3) is 0 Å². The molecule has 0 unspecified atom stereocenters. The second-order valence-corrected chi connectivity index (χ2v) is 30.7. The van der Waals surface area contributed by atoms with Gasteiger partial charge in [-0.1, -0.05) is 311 Å². The van der Waals surface area contributed by atoms with Crippen LogP contribution < -0.4 is 10.6 Å². The van der Waals surface area contributed by atoms with Crippen molar-refractivity contribution in [2.24, 2.45) is 0 Å². The molecule has 0 aromatic carbocycles. The molecule has 0 saturated carbocycles. The molecule has 1 fully saturated rings. The molecule has 1 aliphatic heterocycles. The Labute approximate surface area is 624 Å². The summed E-state index contributed by atoms with van der Waals surface area (Å²) in [6.07, 6.45) is 38.1. The number of carbonyl (C=O) groups is 7. The van der Waals surface area contributed by atoms with Crippen LogP contribution in [-0.2, 0) is 71.1 Å². The second kappa shape index (κ2) is 66.5. The highest BCUT2D eigenvalue weighted by molar-refractivity contribution is 7.46. The lowest BCUT2D eigenvalue weighted by molar-refractivity contribution is -0.272. The normalized spacial score (nSPS) is 17.3. The Bertz CT molecular complexity index is 2170. The third kappa shape index (κ3) is 55.4. The van der Waals surface area contributed by atoms with Crippen molar-refractivity contribution in [1.82, 2.24) is 10.6 Å². The van der Waals surface area contributed by atoms with Gasteiger partial charge in [-0.25, -0.2) is 9.36 Å². The van der Waals surface area contributed by atoms with Gasteiger partial charge in [-0.3, -0.25) is 33.3 Å². The van der Waals surface area contributed by atoms with Gasteiger partial charge >= 0.3 is 37.7 Å². The summed E-state index contributed by atoms with van der Waals surface area (Å²) in [4.78, 5) is 118. The summed E-state index contributed by atoms with van der Waals surface area (Å²) in [5.74, 6) is -5.54. The molecule has 0 aromatic heterocycles. The number of aliphatic hydroxyl groups excluding tert-OH is 1. The molecule has 0 radical (unpaired) electrons. The van der Waals surface area contributed by atoms with Crippen LogP contribution in [0.2, 0.25) is 0 Å². The Morgan fingerprint density at radius 3 is 1.01 bits per heavy atom. The van der Waals surface area contributed by atoms with E-state index in [-0.39, 0.29) is 32.1 Å². The van der Waals surface area contributed by atoms with Crippen LogP contribution in [0.3, 0.4) is 0 Å². The van der Waals surface area contributed by atoms with Gasteiger partial charge in [0, 0.05) is 19.3 Å². The van der Waals surface area contributed by atoms with Crippen molar-refractivity contribution in [3.05, 3.63) is 0 Å². The fraction of sp³-hybridized carbons (Fsp3) is 0.914. The number of esters is 4. The first kappa shape index (κ1) is 97.3. The molecule has 1 heterocycles. The lowest BCUT2D eigenvalue weighted by atomic mass is 9.95. The van der Waals surface area contributed by atoms with Crippen LogP contribution in [0.15, 0.2) is 0 Å². The Morgan fingerprint density at radius 2 is 0.699 bits per heavy atom. The lowest BCUT2D eigenvalue weighted by Gasteiger charge is -2.45. The number of hydrogen-bond donors (Lipinski definition) is 6. The topological polar surface area (TPSA) is 306 Å². The predicted molar refractivity (Wildman–Crippen MR) is 407 cm³/mol. The fourth-order valence-corrected chi connectivity index (χ4v) is 14.1. The van der Waals surface area contributed by atoms with E-state index in [9.17, 15) is 58.1 Å². The molecule has 6 N–H and O–H groups in total. The zero-order chi connectivity index (χ0) is 75.8. The minimum atomic E-state index is -5.56. The number of phosphoric acid groups is 1. The van der Waals surface area contributed by atoms with E-state index in [0.717, 1.165) is 225 Å². The first-order valence-corrected chi connectivity index (χ1v) is 43.6. The number of carbonyl (C=O) groups excluding carboxylic acids is 6. The van der Waals surface area contributed by atoms with Crippen molar-refractivity contribution >= 4 is 49.5 Å². The molecular formula is C81H151N2O19P. The molecule has 21 nitrogen and oxygen atoms in total. The van der Waals surface area contributed by atoms with E-state index in [2.05, 4.69) is 52.2 Å². The Morgan fingerprint density at radius 1 is 0.398 bits per heavy atom. The van der Waals surface area contributed by atoms with Crippen molar-refractivity contribution in [3.8, 4) is 0 Å². The molecule has 22 heteroatoms. The summed E-state index contributed by atoms with van der Waals surface area (Å²) < 4.78 is 54.9. The van der Waals surface area contributed by atoms with E-state index < -0.39 is 131 Å². The van der Waals surface area contributed by atoms with Crippen LogP contribution in [-0.4, -0.2) is 130 Å². The van der Waals surface area contributed by atoms with E-state index in [4.69, 9.17) is 32.9 Å². The van der Waals surface area contributed by atoms with Crippen LogP contribution in [0.4, 0.5) is 0 Å². The monoisotopic (exact) mass is 1490 g/mol. The number of hydrogen-bond acceptors (Lipinski definition) is 16. The summed E-state index contributed by atoms with van der Waals surface area (Å²) in [5.41, 5.74) is 0. The highest BCUT2D eigenvalue weighted by Gasteiger charge is 2.52. The first-order chi connectivity index (χ1) is 49.8. The van der Waals surface area contributed by atoms with Crippen molar-refractivity contribution in [2.45, 2.75) is 463 Å². The zero-order valence-corrected chi connectivity index (χ0v) is 66.7. The van der Waals surface area contributed by atoms with Gasteiger partial charge in [-0.2, -0.15) is 0 Å². The van der Waals surface area contributed by atoms with E-state index in [1.54, 1.807) is 0 Å². The van der Waals surface area contributed by atoms with Crippen molar-refractivity contribution in [1.29, 1.82) is 0 Å². The Hall–Kier alpha value is -3.72. The van der Waals surface area contributed by atoms with E-state index >= 15 is 0 Å². The summed E-state index contributed by atoms with van der Waals surface area (Å²) in [6, 6.07) is -3.60. The van der Waals surface area contributed by atoms with Crippen LogP contribution in [0.5, 0.6) is 0 Å². The van der Waals surface area contributed by atoms with Crippen LogP contribution in [0.1, 0.15) is 408 Å². The molecule has 1 rings (SSSR count). The summed E-state index contributed by atoms with van der Waals surface area (Å²) in [5, 5.41) is 26.9. The standard InChI is InChI=1S/C81H151N2O19P/c1-7-13-19-25-31-34-40-43-49-55-66(97-73(87)58-52-46-37-28-22-16-10-4)61-71(85)82-69(80(91)92)65-96-81-77(83-72(86)62-67(56-50-44-41-35-32-26-20-14-8-2)98-74(88)59-53-47-38-29-23-17-11-5)79(78(70(64-84)100-81)102-103(93,94)95)101-76(90)63-68(57-51-45-42-36-33-27-21-15-9-3)99-75(89)60-54-48-39-30-24-18-12-6/h66-70,77-79,81,84H,7-65H2,1-6H3,(H,82,85)(H,83,86)(H,91,92)(H2,93,94,95)/t66-,67-,68-,69+,70-,77-,78-,79-,81-/m1/s1. The number of unbranched alkanes of at least 4 members (excludes halogenated alkanes) is 42. The number of nitrogens with one attached hydrogen (secondary N) is 2. The van der Waals surface area contributed by atoms with E-state index in [1.807, 2.05) is 0 Å². The summed E-state index contributed by atoms with van der Waals surface area (Å²) in [7, 11) is -5.56. The number of carboxylic acid groups (broad SMARTS) is 1. The van der Waals surface area contributed by atoms with Gasteiger partial charge < -0.3 is 59.1 Å². The second-order valence-electron chi connectivity index (χ2n) is 29.5. The number of amides is 2. The minimum Gasteiger partial charge on any atom is -0.480 e. The maximum absolute atomic E-state index is 14.8. The lowest BCUT2D eigenvalue weighted by Crippen LogP contribution is -2.66. The number of aliphatic carboxylic acids is 1. The van der Waals surface area contributed by atoms with Crippen LogP contribution in [0, 0.1) is 0 Å². The van der Waals surface area contributed by atoms with Crippen LogP contribution in [0.25, 0.3) is 0 Å². The first-order valence-electron chi connectivity index (χ1n) is 42.1. The number of phosphoric ester groups is 1. The van der Waals surface area contributed by atoms with Crippen LogP contribution >= 0.6 is 7.82 Å². The molecule has 0 aliphatic carbocycles. The SMILES string of the molecule is CCCCCCCCCCC[C@H](CC(=O)N[C@H]1[C@H](OC[C@H](NC(=O)C[C@@H](CCCCCCCCCCC)OC(=O)CCCCCCCCC)C(=O)O)O[C@H](CO)[C@@H](OP(=O)(O)O)[C@@H]1OC(=O)C[C@@H](CCCCCCCCCCC)OC(=O)CCCCCCCCC)OC(=O)CCCCCCCCC. The quantitative estimate of drug-likeness (QED) is 0.0143. The molecule has 1 aliphatic rings. The van der Waals surface area contributed by atoms with Crippen molar-refractivity contribution < 1.29 is 91.1 Å². The summed E-state index contributed by atoms with van der Waals surface area (Å²) in [6.45, 7) is 11.1. The molecule has 103 heavy (non-hydrogen) atoms. The molecular weight excluding hydrogens is 1340 g/mol. The molecule has 9 atom stereocenters. The number of ether oxygens (including phenoxy) is 6. The number of aliphatic hydroxyl groups is 1. The summed E-state index contributed by atoms with van der Waals surface area (Å²) >= 11 is 0. The number of carboxylic acids is 1. The highest BCUT2D eigenvalue weighted by Crippen LogP contribution is 2.42. The van der Waals surface area contributed by atoms with Gasteiger partial charge in [0.2, 0.25) is 11.8 Å². The maximum atomic E-state index is 14.8. The number of rotatable bonds is 73. The average Bonchev–Trinajstić information content (AvgIpc) is 0.780. The molecule has 0 spiro atoms. The van der Waals surface area contributed by atoms with Gasteiger partial charge in [0.05, 0.1) is 32.5 Å². The predicted octanol–water partition coefficient (Wildman–Crippen LogP) is 19.3. The third-order valence-corrected chi connectivity index (χ3v) is 20.2. The zero-order valence-electron chi connectivity index (χ0n) is 65.8. The van der Waals surface area contributed by atoms with Gasteiger partial charge in [-0.15, -0.1) is 0 Å². The molecule has 0 bridgehead atoms. The third-order valence-electron chi connectivity index (χ3n) is 19.7. The highest BCUT2D eigenvalue weighted by atomic mass is 31.2. The fourth-order valence-electron chi connectivity index (χ4n) is 13.5. The van der Waals surface area contributed by atoms with Crippen molar-refractivity contribution in [2.75, 3.05) is 13.2 Å². The molecule has 0 aromatic rings. The molecule has 604 valence electrons. The van der Waals surface area contributed by atoms with Crippen molar-refractivity contribution in [3.63, 3.8) is 0 Å². The Balaban J connectivity index is 3.85. The van der Waals surface area contributed by atoms with Gasteiger partial charge in [0.1, 0.15) is 36.6 Å². The maximum Gasteiger partial charge on any atom is 0.470 e. The van der Waals surface area contributed by atoms with Gasteiger partial charge in [0.15, 0.2) is 18.4 Å². The average molecular weight is 1490 g/mol. The minimum absolute atomic E-state index is 0.125. The van der Waals surface area contributed by atoms with E-state index in [1.165, 1.54) is 44.9 Å². The van der Waals surface area contributed by atoms with Gasteiger partial charge in [-0.05, 0) is 57.8 Å². The Kier molecular flexibility index (Phi) is 62.8. The smallest absolute Gasteiger partial charge is 0.470 e. The molecule has 1 saturated heterocycles.